The van der Waals surface area contributed by atoms with Crippen LogP contribution in [0.5, 0.6) is 0 Å². The second-order valence-electron chi connectivity index (χ2n) is 1.53. The minimum absolute atomic E-state index is 0.161. The normalized spacial score (nSPS) is 9.70. The molecule has 0 spiro atoms. The maximum absolute atomic E-state index is 8.44. The third-order valence-electron chi connectivity index (χ3n) is 0.820. The molecule has 0 aliphatic heterocycles. The first-order valence-corrected chi connectivity index (χ1v) is 3.80. The zero-order valence-electron chi connectivity index (χ0n) is 5.27. The lowest BCUT2D eigenvalue weighted by atomic mass is 10.7. The Morgan fingerprint density at radius 1 is 1.60 bits per heavy atom. The molecule has 0 unspecified atom stereocenters. The Hall–Kier alpha value is -0.680. The number of nitrogens with zero attached hydrogens (tertiary/aromatic N) is 3. The van der Waals surface area contributed by atoms with Crippen molar-refractivity contribution in [3.8, 4) is 0 Å². The highest BCUT2D eigenvalue weighted by atomic mass is 32.2. The van der Waals surface area contributed by atoms with Crippen LogP contribution >= 0.6 is 11.8 Å². The van der Waals surface area contributed by atoms with Gasteiger partial charge in [-0.15, -0.1) is 22.0 Å². The molecule has 54 valence electrons. The van der Waals surface area contributed by atoms with E-state index in [2.05, 4.69) is 15.4 Å². The van der Waals surface area contributed by atoms with E-state index in [1.165, 1.54) is 11.8 Å². The van der Waals surface area contributed by atoms with Gasteiger partial charge in [0.1, 0.15) is 5.03 Å². The van der Waals surface area contributed by atoms with Crippen LogP contribution in [0.1, 0.15) is 0 Å². The lowest BCUT2D eigenvalue weighted by molar-refractivity contribution is 0.322. The molecule has 0 aliphatic carbocycles. The van der Waals surface area contributed by atoms with E-state index in [0.717, 1.165) is 5.03 Å². The fourth-order valence-corrected chi connectivity index (χ4v) is 1.01. The highest BCUT2D eigenvalue weighted by molar-refractivity contribution is 7.99. The summed E-state index contributed by atoms with van der Waals surface area (Å²) in [5.41, 5.74) is 0. The van der Waals surface area contributed by atoms with Gasteiger partial charge in [0.15, 0.2) is 0 Å². The van der Waals surface area contributed by atoms with Crippen LogP contribution in [-0.2, 0) is 0 Å². The molecule has 0 aromatic carbocycles. The van der Waals surface area contributed by atoms with Crippen LogP contribution in [0.3, 0.4) is 0 Å². The Bertz CT molecular complexity index is 182. The number of hydrogen-bond acceptors (Lipinski definition) is 5. The first-order chi connectivity index (χ1) is 4.93. The average Bonchev–Trinajstić information content (AvgIpc) is 2.03. The van der Waals surface area contributed by atoms with Gasteiger partial charge in [-0.2, -0.15) is 0 Å². The predicted octanol–water partition coefficient (Wildman–Crippen LogP) is -0.0440. The number of aliphatic hydroxyl groups is 1. The standard InChI is InChI=1S/C5H7N3OS/c9-3-4-10-5-1-2-6-8-7-5/h1-2,9H,3-4H2. The van der Waals surface area contributed by atoms with Crippen molar-refractivity contribution >= 4 is 11.8 Å². The SMILES string of the molecule is OCCSc1ccnnn1. The van der Waals surface area contributed by atoms with E-state index >= 15 is 0 Å². The molecule has 1 heterocycles. The maximum atomic E-state index is 8.44. The van der Waals surface area contributed by atoms with Crippen molar-refractivity contribution in [2.24, 2.45) is 0 Å². The fraction of sp³-hybridized carbons (Fsp3) is 0.400. The number of aliphatic hydroxyl groups excluding tert-OH is 1. The fourth-order valence-electron chi connectivity index (χ4n) is 0.457. The highest BCUT2D eigenvalue weighted by Gasteiger charge is 1.91. The number of hydrogen-bond donors (Lipinski definition) is 1. The molecule has 4 nitrogen and oxygen atoms in total. The molecule has 0 fully saturated rings. The van der Waals surface area contributed by atoms with Crippen LogP contribution in [0.25, 0.3) is 0 Å². The van der Waals surface area contributed by atoms with Crippen LogP contribution in [0, 0.1) is 0 Å². The molecular formula is C5H7N3OS. The summed E-state index contributed by atoms with van der Waals surface area (Å²) in [4.78, 5) is 0. The third kappa shape index (κ3) is 2.28. The molecule has 0 amide bonds. The Morgan fingerprint density at radius 2 is 2.50 bits per heavy atom. The van der Waals surface area contributed by atoms with Crippen LogP contribution in [-0.4, -0.2) is 32.9 Å². The van der Waals surface area contributed by atoms with Crippen molar-refractivity contribution in [2.45, 2.75) is 5.03 Å². The highest BCUT2D eigenvalue weighted by Crippen LogP contribution is 2.10. The van der Waals surface area contributed by atoms with E-state index in [4.69, 9.17) is 5.11 Å². The summed E-state index contributed by atoms with van der Waals surface area (Å²) in [7, 11) is 0. The quantitative estimate of drug-likeness (QED) is 0.624. The molecule has 1 aromatic heterocycles. The van der Waals surface area contributed by atoms with Crippen LogP contribution in [0.4, 0.5) is 0 Å². The second kappa shape index (κ2) is 4.19. The third-order valence-corrected chi connectivity index (χ3v) is 1.72. The van der Waals surface area contributed by atoms with Gasteiger partial charge >= 0.3 is 0 Å². The van der Waals surface area contributed by atoms with Crippen molar-refractivity contribution in [1.82, 2.24) is 15.4 Å². The van der Waals surface area contributed by atoms with Crippen LogP contribution in [0.15, 0.2) is 17.3 Å². The summed E-state index contributed by atoms with van der Waals surface area (Å²) >= 11 is 1.46. The van der Waals surface area contributed by atoms with Crippen molar-refractivity contribution in [1.29, 1.82) is 0 Å². The van der Waals surface area contributed by atoms with Crippen LogP contribution in [0.2, 0.25) is 0 Å². The van der Waals surface area contributed by atoms with Gasteiger partial charge in [0.05, 0.1) is 12.8 Å². The lowest BCUT2D eigenvalue weighted by Crippen LogP contribution is -1.90. The Kier molecular flexibility index (Phi) is 3.11. The first kappa shape index (κ1) is 7.43. The van der Waals surface area contributed by atoms with Crippen molar-refractivity contribution in [3.63, 3.8) is 0 Å². The van der Waals surface area contributed by atoms with Gasteiger partial charge in [0, 0.05) is 5.75 Å². The number of rotatable bonds is 3. The smallest absolute Gasteiger partial charge is 0.122 e. The summed E-state index contributed by atoms with van der Waals surface area (Å²) in [6, 6.07) is 1.76. The van der Waals surface area contributed by atoms with E-state index in [1.54, 1.807) is 12.3 Å². The Balaban J connectivity index is 2.43. The molecule has 0 saturated heterocycles. The molecule has 1 rings (SSSR count). The number of aromatic nitrogens is 3. The molecule has 5 heteroatoms. The topological polar surface area (TPSA) is 58.9 Å². The molecule has 1 aromatic rings. The molecule has 1 N–H and O–H groups in total. The predicted molar refractivity (Wildman–Crippen MR) is 37.6 cm³/mol. The largest absolute Gasteiger partial charge is 0.396 e. The Labute approximate surface area is 62.7 Å². The van der Waals surface area contributed by atoms with Crippen molar-refractivity contribution in [2.75, 3.05) is 12.4 Å². The van der Waals surface area contributed by atoms with Gasteiger partial charge in [-0.3, -0.25) is 0 Å². The van der Waals surface area contributed by atoms with E-state index in [1.807, 2.05) is 0 Å². The maximum Gasteiger partial charge on any atom is 0.122 e. The summed E-state index contributed by atoms with van der Waals surface area (Å²) in [6.45, 7) is 0.161. The molecule has 10 heavy (non-hydrogen) atoms. The summed E-state index contributed by atoms with van der Waals surface area (Å²) < 4.78 is 0. The summed E-state index contributed by atoms with van der Waals surface area (Å²) in [5.74, 6) is 0.651. The molecular weight excluding hydrogens is 150 g/mol. The van der Waals surface area contributed by atoms with E-state index < -0.39 is 0 Å². The van der Waals surface area contributed by atoms with Crippen molar-refractivity contribution in [3.05, 3.63) is 12.3 Å². The zero-order valence-corrected chi connectivity index (χ0v) is 6.08. The minimum Gasteiger partial charge on any atom is -0.396 e. The summed E-state index contributed by atoms with van der Waals surface area (Å²) in [5, 5.41) is 19.9. The van der Waals surface area contributed by atoms with Crippen LogP contribution < -0.4 is 0 Å². The average molecular weight is 157 g/mol. The minimum atomic E-state index is 0.161. The first-order valence-electron chi connectivity index (χ1n) is 2.81. The van der Waals surface area contributed by atoms with E-state index in [-0.39, 0.29) is 6.61 Å². The van der Waals surface area contributed by atoms with Gasteiger partial charge in [-0.05, 0) is 11.3 Å². The lowest BCUT2D eigenvalue weighted by Gasteiger charge is -1.92. The molecule has 0 atom stereocenters. The van der Waals surface area contributed by atoms with Gasteiger partial charge in [-0.25, -0.2) is 0 Å². The molecule has 0 radical (unpaired) electrons. The zero-order chi connectivity index (χ0) is 7.23. The number of thioether (sulfide) groups is 1. The van der Waals surface area contributed by atoms with Gasteiger partial charge in [0.2, 0.25) is 0 Å². The van der Waals surface area contributed by atoms with Gasteiger partial charge in [0.25, 0.3) is 0 Å². The van der Waals surface area contributed by atoms with E-state index in [9.17, 15) is 0 Å². The van der Waals surface area contributed by atoms with Gasteiger partial charge in [-0.1, -0.05) is 0 Å². The second-order valence-corrected chi connectivity index (χ2v) is 2.65. The summed E-state index contributed by atoms with van der Waals surface area (Å²) in [6.07, 6.45) is 1.58. The molecule has 0 bridgehead atoms. The van der Waals surface area contributed by atoms with E-state index in [0.29, 0.717) is 5.75 Å². The van der Waals surface area contributed by atoms with Gasteiger partial charge < -0.3 is 5.11 Å². The Morgan fingerprint density at radius 3 is 3.10 bits per heavy atom. The van der Waals surface area contributed by atoms with Crippen molar-refractivity contribution < 1.29 is 5.11 Å². The molecule has 0 aliphatic rings. The molecule has 0 saturated carbocycles. The monoisotopic (exact) mass is 157 g/mol.